The predicted octanol–water partition coefficient (Wildman–Crippen LogP) is 1.51. The van der Waals surface area contributed by atoms with E-state index in [1.165, 1.54) is 0 Å². The fraction of sp³-hybridized carbons (Fsp3) is 0.857. The molecule has 5 nitrogen and oxygen atoms in total. The van der Waals surface area contributed by atoms with E-state index in [1.807, 2.05) is 13.8 Å². The second-order valence-electron chi connectivity index (χ2n) is 6.30. The molecule has 19 heavy (non-hydrogen) atoms. The molecule has 1 aliphatic rings. The van der Waals surface area contributed by atoms with Crippen LogP contribution in [0.2, 0.25) is 0 Å². The van der Waals surface area contributed by atoms with Gasteiger partial charge in [0.25, 0.3) is 0 Å². The largest absolute Gasteiger partial charge is 0.480 e. The topological polar surface area (TPSA) is 92.4 Å². The summed E-state index contributed by atoms with van der Waals surface area (Å²) in [4.78, 5) is 23.5. The molecular weight excluding hydrogens is 244 g/mol. The Bertz CT molecular complexity index is 334. The summed E-state index contributed by atoms with van der Waals surface area (Å²) >= 11 is 0. The minimum atomic E-state index is -1.11. The van der Waals surface area contributed by atoms with E-state index in [2.05, 4.69) is 12.2 Å². The van der Waals surface area contributed by atoms with Gasteiger partial charge in [0, 0.05) is 0 Å². The number of carbonyl (C=O) groups excluding carboxylic acids is 1. The zero-order valence-corrected chi connectivity index (χ0v) is 12.1. The van der Waals surface area contributed by atoms with Gasteiger partial charge in [-0.15, -0.1) is 0 Å². The molecule has 1 fully saturated rings. The van der Waals surface area contributed by atoms with Crippen molar-refractivity contribution in [3.63, 3.8) is 0 Å². The Kier molecular flexibility index (Phi) is 5.35. The Labute approximate surface area is 114 Å². The van der Waals surface area contributed by atoms with Crippen molar-refractivity contribution in [3.05, 3.63) is 0 Å². The van der Waals surface area contributed by atoms with Gasteiger partial charge in [-0.1, -0.05) is 20.8 Å². The van der Waals surface area contributed by atoms with Crippen molar-refractivity contribution in [2.45, 2.75) is 64.5 Å². The van der Waals surface area contributed by atoms with Crippen LogP contribution in [0.3, 0.4) is 0 Å². The lowest BCUT2D eigenvalue weighted by atomic mass is 9.77. The molecule has 0 aliphatic heterocycles. The van der Waals surface area contributed by atoms with Crippen LogP contribution in [0.15, 0.2) is 0 Å². The number of carboxylic acids is 1. The van der Waals surface area contributed by atoms with Crippen LogP contribution < -0.4 is 11.1 Å². The summed E-state index contributed by atoms with van der Waals surface area (Å²) < 4.78 is 0. The Morgan fingerprint density at radius 3 is 2.32 bits per heavy atom. The molecule has 1 aliphatic carbocycles. The number of nitrogens with one attached hydrogen (secondary N) is 1. The zero-order valence-electron chi connectivity index (χ0n) is 12.1. The number of nitrogens with two attached hydrogens (primary N) is 1. The molecule has 0 bridgehead atoms. The highest BCUT2D eigenvalue weighted by Gasteiger charge is 2.43. The van der Waals surface area contributed by atoms with Gasteiger partial charge < -0.3 is 16.2 Å². The fourth-order valence-corrected chi connectivity index (χ4v) is 2.59. The van der Waals surface area contributed by atoms with Crippen LogP contribution in [0.25, 0.3) is 0 Å². The summed E-state index contributed by atoms with van der Waals surface area (Å²) in [7, 11) is 0. The quantitative estimate of drug-likeness (QED) is 0.706. The smallest absolute Gasteiger partial charge is 0.329 e. The fourth-order valence-electron chi connectivity index (χ4n) is 2.59. The Balaban J connectivity index is 2.69. The molecule has 0 aromatic rings. The van der Waals surface area contributed by atoms with E-state index in [0.29, 0.717) is 31.1 Å². The first-order valence-electron chi connectivity index (χ1n) is 7.08. The van der Waals surface area contributed by atoms with Crippen molar-refractivity contribution in [1.82, 2.24) is 5.32 Å². The molecule has 110 valence electrons. The highest BCUT2D eigenvalue weighted by Crippen LogP contribution is 2.32. The average Bonchev–Trinajstić information content (AvgIpc) is 2.31. The molecule has 4 N–H and O–H groups in total. The van der Waals surface area contributed by atoms with Crippen LogP contribution in [0.5, 0.6) is 0 Å². The molecule has 1 saturated carbocycles. The maximum atomic E-state index is 12.0. The minimum Gasteiger partial charge on any atom is -0.480 e. The van der Waals surface area contributed by atoms with Crippen molar-refractivity contribution in [1.29, 1.82) is 0 Å². The summed E-state index contributed by atoms with van der Waals surface area (Å²) in [5.41, 5.74) is 4.70. The average molecular weight is 270 g/mol. The molecule has 0 spiro atoms. The SMILES string of the molecule is CC(C)CC(N)C(=O)NC1(C(=O)O)CCC(C)CC1. The van der Waals surface area contributed by atoms with Crippen molar-refractivity contribution in [2.24, 2.45) is 17.6 Å². The van der Waals surface area contributed by atoms with Gasteiger partial charge in [0.15, 0.2) is 0 Å². The van der Waals surface area contributed by atoms with E-state index in [1.54, 1.807) is 0 Å². The Morgan fingerprint density at radius 1 is 1.37 bits per heavy atom. The lowest BCUT2D eigenvalue weighted by Gasteiger charge is -2.37. The molecule has 5 heteroatoms. The number of amides is 1. The summed E-state index contributed by atoms with van der Waals surface area (Å²) in [5, 5.41) is 12.1. The Morgan fingerprint density at radius 2 is 1.89 bits per heavy atom. The number of rotatable bonds is 5. The van der Waals surface area contributed by atoms with Crippen LogP contribution in [0, 0.1) is 11.8 Å². The minimum absolute atomic E-state index is 0.313. The maximum absolute atomic E-state index is 12.0. The highest BCUT2D eigenvalue weighted by atomic mass is 16.4. The van der Waals surface area contributed by atoms with Crippen molar-refractivity contribution < 1.29 is 14.7 Å². The first kappa shape index (κ1) is 16.0. The van der Waals surface area contributed by atoms with Crippen LogP contribution in [-0.4, -0.2) is 28.6 Å². The first-order chi connectivity index (χ1) is 8.77. The maximum Gasteiger partial charge on any atom is 0.329 e. The third kappa shape index (κ3) is 4.20. The number of aliphatic carboxylic acids is 1. The molecule has 0 aromatic carbocycles. The number of carbonyl (C=O) groups is 2. The molecule has 0 heterocycles. The molecule has 0 aromatic heterocycles. The first-order valence-corrected chi connectivity index (χ1v) is 7.08. The molecule has 1 atom stereocenters. The van der Waals surface area contributed by atoms with Crippen LogP contribution >= 0.6 is 0 Å². The number of carboxylic acid groups (broad SMARTS) is 1. The lowest BCUT2D eigenvalue weighted by Crippen LogP contribution is -2.59. The third-order valence-corrected chi connectivity index (χ3v) is 3.96. The van der Waals surface area contributed by atoms with Crippen LogP contribution in [-0.2, 0) is 9.59 Å². The normalized spacial score (nSPS) is 29.0. The molecular formula is C14H26N2O3. The standard InChI is InChI=1S/C14H26N2O3/c1-9(2)8-11(15)12(17)16-14(13(18)19)6-4-10(3)5-7-14/h9-11H,4-8,15H2,1-3H3,(H,16,17)(H,18,19). The van der Waals surface area contributed by atoms with Crippen molar-refractivity contribution in [2.75, 3.05) is 0 Å². The molecule has 1 rings (SSSR count). The number of hydrogen-bond donors (Lipinski definition) is 3. The van der Waals surface area contributed by atoms with Crippen LogP contribution in [0.1, 0.15) is 52.9 Å². The van der Waals surface area contributed by atoms with Gasteiger partial charge in [-0.2, -0.15) is 0 Å². The molecule has 0 radical (unpaired) electrons. The lowest BCUT2D eigenvalue weighted by molar-refractivity contribution is -0.150. The van der Waals surface area contributed by atoms with E-state index in [4.69, 9.17) is 5.73 Å². The number of hydrogen-bond acceptors (Lipinski definition) is 3. The van der Waals surface area contributed by atoms with Gasteiger partial charge >= 0.3 is 5.97 Å². The summed E-state index contributed by atoms with van der Waals surface area (Å²) in [6, 6.07) is -0.629. The van der Waals surface area contributed by atoms with Crippen molar-refractivity contribution >= 4 is 11.9 Å². The second-order valence-corrected chi connectivity index (χ2v) is 6.30. The van der Waals surface area contributed by atoms with Crippen molar-refractivity contribution in [3.8, 4) is 0 Å². The van der Waals surface area contributed by atoms with Gasteiger partial charge in [-0.3, -0.25) is 4.79 Å². The van der Waals surface area contributed by atoms with Gasteiger partial charge in [0.1, 0.15) is 5.54 Å². The highest BCUT2D eigenvalue weighted by molar-refractivity contribution is 5.89. The molecule has 1 amide bonds. The Hall–Kier alpha value is -1.10. The monoisotopic (exact) mass is 270 g/mol. The van der Waals surface area contributed by atoms with E-state index in [0.717, 1.165) is 12.8 Å². The zero-order chi connectivity index (χ0) is 14.6. The third-order valence-electron chi connectivity index (χ3n) is 3.96. The van der Waals surface area contributed by atoms with E-state index in [9.17, 15) is 14.7 Å². The van der Waals surface area contributed by atoms with Gasteiger partial charge in [-0.25, -0.2) is 4.79 Å². The summed E-state index contributed by atoms with van der Waals surface area (Å²) in [5.74, 6) is -0.447. The van der Waals surface area contributed by atoms with E-state index < -0.39 is 17.6 Å². The predicted molar refractivity (Wildman–Crippen MR) is 73.6 cm³/mol. The summed E-state index contributed by atoms with van der Waals surface area (Å²) in [6.45, 7) is 6.09. The van der Waals surface area contributed by atoms with E-state index >= 15 is 0 Å². The molecule has 1 unspecified atom stereocenters. The van der Waals surface area contributed by atoms with Gasteiger partial charge in [0.2, 0.25) is 5.91 Å². The van der Waals surface area contributed by atoms with E-state index in [-0.39, 0.29) is 5.91 Å². The second kappa shape index (κ2) is 6.37. The molecule has 0 saturated heterocycles. The van der Waals surface area contributed by atoms with Gasteiger partial charge in [0.05, 0.1) is 6.04 Å². The van der Waals surface area contributed by atoms with Gasteiger partial charge in [-0.05, 0) is 43.9 Å². The van der Waals surface area contributed by atoms with Crippen LogP contribution in [0.4, 0.5) is 0 Å². The summed E-state index contributed by atoms with van der Waals surface area (Å²) in [6.07, 6.45) is 3.20.